The summed E-state index contributed by atoms with van der Waals surface area (Å²) in [5, 5.41) is 4.17. The van der Waals surface area contributed by atoms with Crippen molar-refractivity contribution in [2.45, 2.75) is 50.0 Å². The van der Waals surface area contributed by atoms with Gasteiger partial charge in [0.1, 0.15) is 5.75 Å². The van der Waals surface area contributed by atoms with E-state index >= 15 is 0 Å². The summed E-state index contributed by atoms with van der Waals surface area (Å²) in [5.74, 6) is 0.0763. The fraction of sp³-hybridized carbons (Fsp3) is 0.519. The van der Waals surface area contributed by atoms with E-state index in [0.29, 0.717) is 6.42 Å². The highest BCUT2D eigenvalue weighted by Crippen LogP contribution is 2.81. The quantitative estimate of drug-likeness (QED) is 0.514. The Morgan fingerprint density at radius 3 is 2.58 bits per heavy atom. The van der Waals surface area contributed by atoms with Gasteiger partial charge in [0, 0.05) is 29.1 Å². The molecule has 5 aliphatic rings. The molecule has 0 N–H and O–H groups in total. The minimum Gasteiger partial charge on any atom is -0.497 e. The third-order valence-corrected chi connectivity index (χ3v) is 9.60. The zero-order chi connectivity index (χ0) is 23.1. The van der Waals surface area contributed by atoms with Gasteiger partial charge in [0.25, 0.3) is 0 Å². The Kier molecular flexibility index (Phi) is 4.13. The van der Waals surface area contributed by atoms with Crippen LogP contribution in [-0.2, 0) is 24.6 Å². The minimum atomic E-state index is -0.820. The molecule has 0 saturated heterocycles. The molecule has 6 heteroatoms. The van der Waals surface area contributed by atoms with Gasteiger partial charge >= 0.3 is 5.97 Å². The Balaban J connectivity index is 1.56. The number of rotatable bonds is 3. The van der Waals surface area contributed by atoms with Crippen molar-refractivity contribution >= 4 is 17.5 Å². The lowest BCUT2D eigenvalue weighted by Crippen LogP contribution is -2.54. The fourth-order valence-corrected chi connectivity index (χ4v) is 8.29. The third kappa shape index (κ3) is 2.22. The number of ketones is 1. The fourth-order valence-electron chi connectivity index (χ4n) is 8.29. The van der Waals surface area contributed by atoms with Crippen LogP contribution >= 0.6 is 0 Å². The number of hydrogen-bond acceptors (Lipinski definition) is 6. The van der Waals surface area contributed by atoms with Crippen molar-refractivity contribution in [3.8, 4) is 5.75 Å². The van der Waals surface area contributed by atoms with E-state index < -0.39 is 17.0 Å². The van der Waals surface area contributed by atoms with Crippen molar-refractivity contribution in [1.82, 2.24) is 0 Å². The monoisotopic (exact) mass is 447 g/mol. The van der Waals surface area contributed by atoms with E-state index in [1.165, 1.54) is 7.11 Å². The second kappa shape index (κ2) is 6.58. The molecule has 0 amide bonds. The Morgan fingerprint density at radius 2 is 1.85 bits per heavy atom. The van der Waals surface area contributed by atoms with E-state index in [4.69, 9.17) is 14.3 Å². The predicted molar refractivity (Wildman–Crippen MR) is 122 cm³/mol. The van der Waals surface area contributed by atoms with E-state index in [1.54, 1.807) is 13.2 Å². The van der Waals surface area contributed by atoms with Gasteiger partial charge in [-0.15, -0.1) is 0 Å². The summed E-state index contributed by atoms with van der Waals surface area (Å²) < 4.78 is 10.3. The number of methoxy groups -OCH3 is 2. The van der Waals surface area contributed by atoms with Gasteiger partial charge in [-0.3, -0.25) is 4.79 Å². The molecule has 6 atom stereocenters. The van der Waals surface area contributed by atoms with E-state index in [0.717, 1.165) is 37.0 Å². The Labute approximate surface area is 193 Å². The molecule has 1 heterocycles. The number of carbonyl (C=O) groups is 2. The molecule has 4 aliphatic carbocycles. The number of esters is 1. The summed E-state index contributed by atoms with van der Waals surface area (Å²) in [6.45, 7) is 2.37. The molecule has 0 aromatic heterocycles. The zero-order valence-electron chi connectivity index (χ0n) is 19.3. The van der Waals surface area contributed by atoms with Crippen LogP contribution in [0, 0.1) is 22.7 Å². The summed E-state index contributed by atoms with van der Waals surface area (Å²) in [5.41, 5.74) is -0.194. The number of ether oxygens (including phenoxy) is 2. The molecule has 1 aromatic rings. The second-order valence-electron chi connectivity index (χ2n) is 10.5. The van der Waals surface area contributed by atoms with Crippen molar-refractivity contribution in [2.75, 3.05) is 14.2 Å². The van der Waals surface area contributed by atoms with Crippen molar-refractivity contribution in [2.24, 2.45) is 27.8 Å². The minimum absolute atomic E-state index is 0.106. The smallest absolute Gasteiger partial charge is 0.356 e. The molecule has 1 aromatic carbocycles. The van der Waals surface area contributed by atoms with Crippen molar-refractivity contribution in [3.05, 3.63) is 54.1 Å². The average molecular weight is 448 g/mol. The van der Waals surface area contributed by atoms with Gasteiger partial charge in [-0.05, 0) is 48.1 Å². The number of allylic oxidation sites excluding steroid dienone is 3. The van der Waals surface area contributed by atoms with Crippen molar-refractivity contribution < 1.29 is 23.9 Å². The van der Waals surface area contributed by atoms with E-state index in [2.05, 4.69) is 36.4 Å². The SMILES string of the molecule is COC(=O)C1=NO[C@]2(C=CC(=O)[C@@H]3[C@H]2[C@]24C=C[C@@]3(c3ccc(OC)cc3)[C@@]2(C)CCCC4)C1. The maximum Gasteiger partial charge on any atom is 0.356 e. The van der Waals surface area contributed by atoms with Crippen LogP contribution in [0.15, 0.2) is 53.7 Å². The number of carbonyl (C=O) groups excluding carboxylic acids is 2. The van der Waals surface area contributed by atoms with Gasteiger partial charge in [-0.1, -0.05) is 49.2 Å². The highest BCUT2D eigenvalue weighted by molar-refractivity contribution is 6.37. The first-order valence-corrected chi connectivity index (χ1v) is 11.8. The first-order chi connectivity index (χ1) is 15.9. The Hall–Kier alpha value is -2.89. The van der Waals surface area contributed by atoms with Gasteiger partial charge in [-0.25, -0.2) is 4.79 Å². The van der Waals surface area contributed by atoms with Crippen LogP contribution in [0.4, 0.5) is 0 Å². The molecule has 0 unspecified atom stereocenters. The lowest BCUT2D eigenvalue weighted by molar-refractivity contribution is -0.133. The van der Waals surface area contributed by atoms with Crippen LogP contribution < -0.4 is 4.74 Å². The van der Waals surface area contributed by atoms with Crippen molar-refractivity contribution in [1.29, 1.82) is 0 Å². The van der Waals surface area contributed by atoms with Crippen LogP contribution in [0.25, 0.3) is 0 Å². The summed E-state index contributed by atoms with van der Waals surface area (Å²) in [4.78, 5) is 32.2. The summed E-state index contributed by atoms with van der Waals surface area (Å²) in [6, 6.07) is 8.21. The van der Waals surface area contributed by atoms with E-state index in [-0.39, 0.29) is 34.2 Å². The summed E-state index contributed by atoms with van der Waals surface area (Å²) in [6.07, 6.45) is 12.9. The summed E-state index contributed by atoms with van der Waals surface area (Å²) >= 11 is 0. The topological polar surface area (TPSA) is 74.2 Å². The number of nitrogens with zero attached hydrogens (tertiary/aromatic N) is 1. The molecule has 33 heavy (non-hydrogen) atoms. The Bertz CT molecular complexity index is 1140. The largest absolute Gasteiger partial charge is 0.497 e. The first-order valence-electron chi connectivity index (χ1n) is 11.8. The number of oxime groups is 1. The second-order valence-corrected chi connectivity index (χ2v) is 10.5. The molecular weight excluding hydrogens is 418 g/mol. The maximum absolute atomic E-state index is 13.7. The molecule has 6 rings (SSSR count). The molecule has 1 aliphatic heterocycles. The highest BCUT2D eigenvalue weighted by atomic mass is 16.7. The highest BCUT2D eigenvalue weighted by Gasteiger charge is 2.81. The molecule has 2 fully saturated rings. The predicted octanol–water partition coefficient (Wildman–Crippen LogP) is 4.14. The average Bonchev–Trinajstić information content (AvgIpc) is 3.45. The van der Waals surface area contributed by atoms with E-state index in [1.807, 2.05) is 18.2 Å². The van der Waals surface area contributed by atoms with Crippen LogP contribution in [0.1, 0.15) is 44.6 Å². The van der Waals surface area contributed by atoms with Crippen molar-refractivity contribution in [3.63, 3.8) is 0 Å². The number of fused-ring (bicyclic) bond motifs is 3. The first kappa shape index (κ1) is 20.7. The van der Waals surface area contributed by atoms with Crippen LogP contribution in [0.2, 0.25) is 0 Å². The molecule has 2 saturated carbocycles. The Morgan fingerprint density at radius 1 is 1.09 bits per heavy atom. The van der Waals surface area contributed by atoms with Crippen LogP contribution in [-0.4, -0.2) is 37.3 Å². The van der Waals surface area contributed by atoms with Gasteiger partial charge in [0.05, 0.1) is 14.2 Å². The normalized spacial score (nSPS) is 42.0. The molecule has 2 bridgehead atoms. The van der Waals surface area contributed by atoms with Gasteiger partial charge in [0.15, 0.2) is 17.1 Å². The lowest BCUT2D eigenvalue weighted by atomic mass is 9.52. The van der Waals surface area contributed by atoms with Crippen LogP contribution in [0.3, 0.4) is 0 Å². The molecule has 0 radical (unpaired) electrons. The number of benzene rings is 1. The zero-order valence-corrected chi connectivity index (χ0v) is 19.3. The number of hydrogen-bond donors (Lipinski definition) is 0. The van der Waals surface area contributed by atoms with Gasteiger partial charge in [-0.2, -0.15) is 0 Å². The molecule has 1 spiro atoms. The van der Waals surface area contributed by atoms with E-state index in [9.17, 15) is 9.59 Å². The molecule has 6 nitrogen and oxygen atoms in total. The third-order valence-electron chi connectivity index (χ3n) is 9.60. The van der Waals surface area contributed by atoms with Crippen LogP contribution in [0.5, 0.6) is 5.75 Å². The maximum atomic E-state index is 13.7. The lowest BCUT2D eigenvalue weighted by Gasteiger charge is -2.52. The summed E-state index contributed by atoms with van der Waals surface area (Å²) in [7, 11) is 3.02. The molecular formula is C27H29NO5. The standard InChI is InChI=1S/C27H29NO5/c1-24-11-4-5-12-25(24)14-15-27(24,17-6-8-18(31-2)9-7-17)21-20(29)10-13-26(22(21)25)16-19(28-33-26)23(30)32-3/h6-10,13-15,21-22H,4-5,11-12,16H2,1-3H3/t21-,22+,24+,25+,26-,27+/m1/s1. The van der Waals surface area contributed by atoms with Gasteiger partial charge in [0.2, 0.25) is 0 Å². The molecule has 172 valence electrons. The van der Waals surface area contributed by atoms with Gasteiger partial charge < -0.3 is 14.3 Å².